The molecule has 1 aliphatic rings. The average molecular weight is 378 g/mol. The van der Waals surface area contributed by atoms with Crippen molar-refractivity contribution in [2.75, 3.05) is 38.0 Å². The van der Waals surface area contributed by atoms with E-state index >= 15 is 0 Å². The van der Waals surface area contributed by atoms with Crippen LogP contribution in [0.25, 0.3) is 0 Å². The second-order valence-corrected chi connectivity index (χ2v) is 7.21. The second kappa shape index (κ2) is 7.99. The first-order chi connectivity index (χ1) is 12.1. The van der Waals surface area contributed by atoms with E-state index in [2.05, 4.69) is 17.1 Å². The summed E-state index contributed by atoms with van der Waals surface area (Å²) >= 11 is 7.54. The summed E-state index contributed by atoms with van der Waals surface area (Å²) in [6.07, 6.45) is 0. The highest BCUT2D eigenvalue weighted by Gasteiger charge is 2.22. The number of amides is 2. The van der Waals surface area contributed by atoms with Gasteiger partial charge in [0.05, 0.1) is 15.6 Å². The Morgan fingerprint density at radius 2 is 1.96 bits per heavy atom. The first-order valence-corrected chi connectivity index (χ1v) is 9.50. The maximum atomic E-state index is 12.7. The van der Waals surface area contributed by atoms with Crippen LogP contribution >= 0.6 is 22.9 Å². The van der Waals surface area contributed by atoms with E-state index in [1.807, 2.05) is 16.3 Å². The fourth-order valence-corrected chi connectivity index (χ4v) is 3.58. The Hall–Kier alpha value is -1.89. The minimum absolute atomic E-state index is 0.0287. The molecule has 1 saturated heterocycles. The van der Waals surface area contributed by atoms with Crippen molar-refractivity contribution in [2.24, 2.45) is 0 Å². The zero-order chi connectivity index (χ0) is 17.8. The lowest BCUT2D eigenvalue weighted by Crippen LogP contribution is -2.48. The lowest BCUT2D eigenvalue weighted by molar-refractivity contribution is 0.0643. The molecule has 132 valence electrons. The molecule has 0 unspecified atom stereocenters. The molecule has 1 aromatic carbocycles. The molecular weight excluding hydrogens is 358 g/mol. The van der Waals surface area contributed by atoms with E-state index in [9.17, 15) is 9.59 Å². The number of thiophene rings is 1. The number of anilines is 1. The maximum Gasteiger partial charge on any atom is 0.265 e. The number of halogens is 1. The van der Waals surface area contributed by atoms with Crippen LogP contribution in [0.3, 0.4) is 0 Å². The van der Waals surface area contributed by atoms with Crippen LogP contribution in [0.15, 0.2) is 35.7 Å². The lowest BCUT2D eigenvalue weighted by Gasteiger charge is -2.34. The molecule has 0 atom stereocenters. The molecule has 0 radical (unpaired) electrons. The van der Waals surface area contributed by atoms with E-state index in [4.69, 9.17) is 11.6 Å². The number of rotatable bonds is 4. The Morgan fingerprint density at radius 1 is 1.20 bits per heavy atom. The molecule has 0 bridgehead atoms. The molecule has 0 spiro atoms. The molecule has 0 saturated carbocycles. The Morgan fingerprint density at radius 3 is 2.60 bits per heavy atom. The van der Waals surface area contributed by atoms with Gasteiger partial charge in [-0.3, -0.25) is 9.59 Å². The van der Waals surface area contributed by atoms with Crippen molar-refractivity contribution in [3.63, 3.8) is 0 Å². The molecule has 5 nitrogen and oxygen atoms in total. The van der Waals surface area contributed by atoms with Crippen molar-refractivity contribution in [3.8, 4) is 0 Å². The fourth-order valence-electron chi connectivity index (χ4n) is 2.80. The first kappa shape index (κ1) is 17.9. The van der Waals surface area contributed by atoms with Crippen LogP contribution in [-0.2, 0) is 0 Å². The highest BCUT2D eigenvalue weighted by Crippen LogP contribution is 2.25. The third-order valence-electron chi connectivity index (χ3n) is 4.31. The van der Waals surface area contributed by atoms with Gasteiger partial charge < -0.3 is 15.1 Å². The number of carbonyl (C=O) groups excluding carboxylic acids is 2. The van der Waals surface area contributed by atoms with Crippen LogP contribution in [0.5, 0.6) is 0 Å². The summed E-state index contributed by atoms with van der Waals surface area (Å²) < 4.78 is 0. The molecular formula is C18H20ClN3O2S. The highest BCUT2D eigenvalue weighted by molar-refractivity contribution is 7.12. The third kappa shape index (κ3) is 4.21. The molecule has 1 aromatic heterocycles. The minimum atomic E-state index is -0.224. The number of hydrogen-bond donors (Lipinski definition) is 1. The molecule has 1 aliphatic heterocycles. The molecule has 2 aromatic rings. The van der Waals surface area contributed by atoms with Gasteiger partial charge in [0, 0.05) is 31.7 Å². The monoisotopic (exact) mass is 377 g/mol. The van der Waals surface area contributed by atoms with E-state index in [1.54, 1.807) is 24.3 Å². The van der Waals surface area contributed by atoms with Gasteiger partial charge in [0.2, 0.25) is 0 Å². The van der Waals surface area contributed by atoms with E-state index < -0.39 is 0 Å². The molecule has 7 heteroatoms. The Balaban J connectivity index is 1.72. The van der Waals surface area contributed by atoms with Crippen molar-refractivity contribution >= 4 is 40.4 Å². The highest BCUT2D eigenvalue weighted by atomic mass is 35.5. The van der Waals surface area contributed by atoms with Gasteiger partial charge in [0.25, 0.3) is 11.8 Å². The van der Waals surface area contributed by atoms with Gasteiger partial charge in [0.1, 0.15) is 0 Å². The molecule has 1 fully saturated rings. The van der Waals surface area contributed by atoms with E-state index in [1.165, 1.54) is 11.3 Å². The zero-order valence-electron chi connectivity index (χ0n) is 14.0. The standard InChI is InChI=1S/C18H20ClN3O2S/c1-2-21-7-9-22(10-8-21)18(24)13-5-6-14(19)15(12-13)20-17(23)16-4-3-11-25-16/h3-6,11-12H,2,7-10H2,1H3,(H,20,23). The number of hydrogen-bond acceptors (Lipinski definition) is 4. The summed E-state index contributed by atoms with van der Waals surface area (Å²) in [6, 6.07) is 8.58. The summed E-state index contributed by atoms with van der Waals surface area (Å²) in [5.74, 6) is -0.253. The molecule has 2 amide bonds. The van der Waals surface area contributed by atoms with Crippen molar-refractivity contribution in [1.82, 2.24) is 9.80 Å². The minimum Gasteiger partial charge on any atom is -0.336 e. The van der Waals surface area contributed by atoms with Gasteiger partial charge in [-0.15, -0.1) is 11.3 Å². The van der Waals surface area contributed by atoms with Gasteiger partial charge in [0.15, 0.2) is 0 Å². The number of nitrogens with one attached hydrogen (secondary N) is 1. The van der Waals surface area contributed by atoms with Crippen LogP contribution in [0.1, 0.15) is 27.0 Å². The second-order valence-electron chi connectivity index (χ2n) is 5.85. The Kier molecular flexibility index (Phi) is 5.73. The summed E-state index contributed by atoms with van der Waals surface area (Å²) in [5, 5.41) is 5.04. The topological polar surface area (TPSA) is 52.6 Å². The van der Waals surface area contributed by atoms with Crippen molar-refractivity contribution < 1.29 is 9.59 Å². The number of nitrogens with zero attached hydrogens (tertiary/aromatic N) is 2. The van der Waals surface area contributed by atoms with Crippen LogP contribution in [0.4, 0.5) is 5.69 Å². The van der Waals surface area contributed by atoms with Crippen molar-refractivity contribution in [1.29, 1.82) is 0 Å². The molecule has 25 heavy (non-hydrogen) atoms. The van der Waals surface area contributed by atoms with Gasteiger partial charge in [-0.05, 0) is 36.2 Å². The van der Waals surface area contributed by atoms with Crippen LogP contribution in [0.2, 0.25) is 5.02 Å². The molecule has 2 heterocycles. The summed E-state index contributed by atoms with van der Waals surface area (Å²) in [7, 11) is 0. The smallest absolute Gasteiger partial charge is 0.265 e. The number of benzene rings is 1. The largest absolute Gasteiger partial charge is 0.336 e. The van der Waals surface area contributed by atoms with Crippen LogP contribution < -0.4 is 5.32 Å². The quantitative estimate of drug-likeness (QED) is 0.888. The SMILES string of the molecule is CCN1CCN(C(=O)c2ccc(Cl)c(NC(=O)c3cccs3)c2)CC1. The zero-order valence-corrected chi connectivity index (χ0v) is 15.6. The fraction of sp³-hybridized carbons (Fsp3) is 0.333. The summed E-state index contributed by atoms with van der Waals surface area (Å²) in [5.41, 5.74) is 0.994. The Labute approximate surface area is 156 Å². The third-order valence-corrected chi connectivity index (χ3v) is 5.51. The van der Waals surface area contributed by atoms with E-state index in [0.29, 0.717) is 34.2 Å². The summed E-state index contributed by atoms with van der Waals surface area (Å²) in [6.45, 7) is 6.33. The van der Waals surface area contributed by atoms with E-state index in [0.717, 1.165) is 19.6 Å². The number of likely N-dealkylation sites (N-methyl/N-ethyl adjacent to an activating group) is 1. The maximum absolute atomic E-state index is 12.7. The Bertz CT molecular complexity index is 756. The van der Waals surface area contributed by atoms with Crippen molar-refractivity contribution in [2.45, 2.75) is 6.92 Å². The number of carbonyl (C=O) groups is 2. The van der Waals surface area contributed by atoms with Crippen LogP contribution in [0, 0.1) is 0 Å². The van der Waals surface area contributed by atoms with E-state index in [-0.39, 0.29) is 11.8 Å². The van der Waals surface area contributed by atoms with Gasteiger partial charge >= 0.3 is 0 Å². The predicted molar refractivity (Wildman–Crippen MR) is 102 cm³/mol. The molecule has 1 N–H and O–H groups in total. The number of piperazine rings is 1. The molecule has 0 aliphatic carbocycles. The average Bonchev–Trinajstić information content (AvgIpc) is 3.18. The van der Waals surface area contributed by atoms with Crippen molar-refractivity contribution in [3.05, 3.63) is 51.2 Å². The van der Waals surface area contributed by atoms with Gasteiger partial charge in [-0.1, -0.05) is 24.6 Å². The summed E-state index contributed by atoms with van der Waals surface area (Å²) in [4.78, 5) is 29.7. The molecule has 3 rings (SSSR count). The lowest BCUT2D eigenvalue weighted by atomic mass is 10.1. The predicted octanol–water partition coefficient (Wildman–Crippen LogP) is 3.43. The van der Waals surface area contributed by atoms with Gasteiger partial charge in [-0.25, -0.2) is 0 Å². The first-order valence-electron chi connectivity index (χ1n) is 8.24. The normalized spacial score (nSPS) is 15.2. The van der Waals surface area contributed by atoms with Crippen LogP contribution in [-0.4, -0.2) is 54.3 Å². The van der Waals surface area contributed by atoms with Gasteiger partial charge in [-0.2, -0.15) is 0 Å².